The van der Waals surface area contributed by atoms with Gasteiger partial charge in [0.05, 0.1) is 0 Å². The van der Waals surface area contributed by atoms with E-state index in [0.717, 1.165) is 44.5 Å². The number of allylic oxidation sites excluding steroid dienone is 8. The van der Waals surface area contributed by atoms with Crippen molar-refractivity contribution in [2.75, 3.05) is 0 Å². The molecule has 8 aromatic carbocycles. The molecule has 8 aromatic rings. The molecule has 420 valence electrons. The van der Waals surface area contributed by atoms with E-state index in [1.165, 1.54) is 48.6 Å². The molecule has 0 atom stereocenters. The molecule has 14 heteroatoms. The number of hydrogen-bond donors (Lipinski definition) is 8. The van der Waals surface area contributed by atoms with Crippen molar-refractivity contribution < 1.29 is 101 Å². The predicted octanol–water partition coefficient (Wildman–Crippen LogP) is 13.6. The molecule has 8 N–H and O–H groups in total. The largest absolute Gasteiger partial charge is 0.508 e. The number of carbonyl (C=O) groups excluding carboxylic acids is 4. The van der Waals surface area contributed by atoms with E-state index in [1.807, 2.05) is 0 Å². The van der Waals surface area contributed by atoms with E-state index in [-0.39, 0.29) is 110 Å². The van der Waals surface area contributed by atoms with Crippen molar-refractivity contribution in [3.8, 4) is 46.0 Å². The van der Waals surface area contributed by atoms with Crippen LogP contribution in [0.5, 0.6) is 46.0 Å². The van der Waals surface area contributed by atoms with Gasteiger partial charge >= 0.3 is 0 Å². The molecular weight excluding hydrogens is 1220 g/mol. The number of aromatic hydroxyl groups is 8. The summed E-state index contributed by atoms with van der Waals surface area (Å²) in [5, 5.41) is 73.2. The molecule has 0 bridgehead atoms. The van der Waals surface area contributed by atoms with E-state index in [1.54, 1.807) is 243 Å². The third-order valence-corrected chi connectivity index (χ3v) is 10.7. The van der Waals surface area contributed by atoms with Crippen molar-refractivity contribution in [2.45, 2.75) is 0 Å². The third kappa shape index (κ3) is 27.6. The number of phenols is 8. The van der Waals surface area contributed by atoms with Crippen molar-refractivity contribution in [2.24, 2.45) is 0 Å². The smallest absolute Gasteiger partial charge is 0.178 e. The number of rotatable bonds is 16. The summed E-state index contributed by atoms with van der Waals surface area (Å²) in [6, 6.07) is 52.7. The molecule has 0 radical (unpaired) electrons. The summed E-state index contributed by atoms with van der Waals surface area (Å²) < 4.78 is 0. The van der Waals surface area contributed by atoms with Crippen LogP contribution in [-0.4, -0.2) is 64.0 Å². The fraction of sp³-hybridized carbons (Fsp3) is 0. The third-order valence-electron chi connectivity index (χ3n) is 10.7. The molecule has 0 amide bonds. The molecule has 0 aliphatic rings. The minimum absolute atomic E-state index is 0. The maximum absolute atomic E-state index is 11.7. The molecule has 0 aromatic heterocycles. The Hall–Kier alpha value is -9.92. The van der Waals surface area contributed by atoms with Crippen molar-refractivity contribution in [1.29, 1.82) is 0 Å². The van der Waals surface area contributed by atoms with Crippen LogP contribution in [-0.2, 0) is 60.0 Å². The van der Waals surface area contributed by atoms with Gasteiger partial charge in [-0.15, -0.1) is 0 Å². The zero-order valence-corrected chi connectivity index (χ0v) is 46.7. The fourth-order valence-corrected chi connectivity index (χ4v) is 6.33. The molecule has 0 aliphatic carbocycles. The summed E-state index contributed by atoms with van der Waals surface area (Å²) in [7, 11) is 0. The van der Waals surface area contributed by atoms with Crippen molar-refractivity contribution in [3.63, 3.8) is 0 Å². The maximum atomic E-state index is 11.7. The summed E-state index contributed by atoms with van der Waals surface area (Å²) in [4.78, 5) is 46.6. The van der Waals surface area contributed by atoms with Crippen LogP contribution in [0.1, 0.15) is 44.5 Å². The van der Waals surface area contributed by atoms with Crippen LogP contribution in [0.25, 0.3) is 48.6 Å². The number of benzene rings is 8. The summed E-state index contributed by atoms with van der Waals surface area (Å²) in [5.41, 5.74) is 6.73. The van der Waals surface area contributed by atoms with Crippen LogP contribution in [0.3, 0.4) is 0 Å². The molecule has 0 heterocycles. The molecule has 0 unspecified atom stereocenters. The first-order chi connectivity index (χ1) is 38.5. The normalized spacial score (nSPS) is 10.9. The van der Waals surface area contributed by atoms with Crippen LogP contribution in [0.15, 0.2) is 243 Å². The van der Waals surface area contributed by atoms with E-state index in [9.17, 15) is 19.2 Å². The molecule has 0 spiro atoms. The van der Waals surface area contributed by atoms with Gasteiger partial charge < -0.3 is 40.9 Å². The second kappa shape index (κ2) is 36.3. The first kappa shape index (κ1) is 66.4. The SMILES string of the molecule is O=C(C=Cc1ccc(O)cc1)C=Cc1ccc(O)cc1.O=C(C=Cc1ccc(O)cc1)C=Cc1ccc(O)cc1.O=C(C=Cc1ccc(O)cc1)C=Cc1ccc(O)cc1.O=C(C=Cc1ccc(O)cc1)C=Cc1ccc(O)cc1.[Pd].[Pd]. The van der Waals surface area contributed by atoms with Gasteiger partial charge in [0.25, 0.3) is 0 Å². The summed E-state index contributed by atoms with van der Waals surface area (Å²) in [6.07, 6.45) is 25.2. The molecule has 0 aliphatic heterocycles. The number of hydrogen-bond acceptors (Lipinski definition) is 12. The fourth-order valence-electron chi connectivity index (χ4n) is 6.33. The van der Waals surface area contributed by atoms with E-state index in [2.05, 4.69) is 0 Å². The van der Waals surface area contributed by atoms with Crippen LogP contribution in [0.2, 0.25) is 0 Å². The van der Waals surface area contributed by atoms with Gasteiger partial charge in [-0.3, -0.25) is 19.2 Å². The summed E-state index contributed by atoms with van der Waals surface area (Å²) in [6.45, 7) is 0. The van der Waals surface area contributed by atoms with Crippen LogP contribution in [0.4, 0.5) is 0 Å². The maximum Gasteiger partial charge on any atom is 0.178 e. The number of phenolic OH excluding ortho intramolecular Hbond substituents is 8. The second-order valence-corrected chi connectivity index (χ2v) is 17.0. The minimum atomic E-state index is -0.133. The van der Waals surface area contributed by atoms with Gasteiger partial charge in [0, 0.05) is 40.8 Å². The van der Waals surface area contributed by atoms with Crippen LogP contribution < -0.4 is 0 Å². The molecule has 0 fully saturated rings. The first-order valence-corrected chi connectivity index (χ1v) is 24.5. The number of carbonyl (C=O) groups is 4. The molecular formula is C68H56O12Pd2. The van der Waals surface area contributed by atoms with E-state index < -0.39 is 0 Å². The topological polar surface area (TPSA) is 230 Å². The number of ketones is 4. The second-order valence-electron chi connectivity index (χ2n) is 17.0. The van der Waals surface area contributed by atoms with Crippen molar-refractivity contribution in [3.05, 3.63) is 287 Å². The Kier molecular flexibility index (Phi) is 29.4. The standard InChI is InChI=1S/4C17H14O3.2Pd/c4*18-15-7-1-13(2-8-15)5-11-17(20)12-6-14-3-9-16(19)10-4-14;;/h4*1-12,18-19H;;. The average molecular weight is 1280 g/mol. The Morgan fingerprint density at radius 1 is 0.183 bits per heavy atom. The first-order valence-electron chi connectivity index (χ1n) is 24.5. The molecule has 0 saturated heterocycles. The zero-order chi connectivity index (χ0) is 57.5. The van der Waals surface area contributed by atoms with Crippen LogP contribution >= 0.6 is 0 Å². The average Bonchev–Trinajstić information content (AvgIpc) is 3.46. The summed E-state index contributed by atoms with van der Waals surface area (Å²) >= 11 is 0. The Balaban J connectivity index is 0.000000285. The Morgan fingerprint density at radius 2 is 0.268 bits per heavy atom. The Labute approximate surface area is 502 Å². The van der Waals surface area contributed by atoms with Gasteiger partial charge in [-0.1, -0.05) is 146 Å². The van der Waals surface area contributed by atoms with Crippen molar-refractivity contribution in [1.82, 2.24) is 0 Å². The quantitative estimate of drug-likeness (QED) is 0.0334. The zero-order valence-electron chi connectivity index (χ0n) is 43.6. The van der Waals surface area contributed by atoms with E-state index >= 15 is 0 Å². The van der Waals surface area contributed by atoms with Gasteiger partial charge in [0.2, 0.25) is 0 Å². The molecule has 82 heavy (non-hydrogen) atoms. The van der Waals surface area contributed by atoms with Crippen LogP contribution in [0, 0.1) is 0 Å². The summed E-state index contributed by atoms with van der Waals surface area (Å²) in [5.74, 6) is 1.03. The molecule has 8 rings (SSSR count). The predicted molar refractivity (Wildman–Crippen MR) is 317 cm³/mol. The van der Waals surface area contributed by atoms with Gasteiger partial charge in [-0.25, -0.2) is 0 Å². The van der Waals surface area contributed by atoms with E-state index in [0.29, 0.717) is 0 Å². The van der Waals surface area contributed by atoms with Gasteiger partial charge in [-0.05, 0) is 190 Å². The minimum Gasteiger partial charge on any atom is -0.508 e. The Morgan fingerprint density at radius 3 is 0.354 bits per heavy atom. The van der Waals surface area contributed by atoms with Gasteiger partial charge in [0.1, 0.15) is 46.0 Å². The monoisotopic (exact) mass is 1280 g/mol. The molecule has 12 nitrogen and oxygen atoms in total. The van der Waals surface area contributed by atoms with E-state index in [4.69, 9.17) is 40.9 Å². The van der Waals surface area contributed by atoms with Gasteiger partial charge in [-0.2, -0.15) is 0 Å². The molecule has 0 saturated carbocycles. The Bertz CT molecular complexity index is 2800. The van der Waals surface area contributed by atoms with Crippen molar-refractivity contribution >= 4 is 71.7 Å². The van der Waals surface area contributed by atoms with Gasteiger partial charge in [0.15, 0.2) is 23.1 Å².